The van der Waals surface area contributed by atoms with Gasteiger partial charge in [0, 0.05) is 29.3 Å². The van der Waals surface area contributed by atoms with Crippen molar-refractivity contribution in [3.63, 3.8) is 0 Å². The van der Waals surface area contributed by atoms with Crippen LogP contribution in [0, 0.1) is 5.92 Å². The fourth-order valence-electron chi connectivity index (χ4n) is 4.00. The summed E-state index contributed by atoms with van der Waals surface area (Å²) in [6.45, 7) is 9.45. The van der Waals surface area contributed by atoms with E-state index in [4.69, 9.17) is 9.47 Å². The predicted octanol–water partition coefficient (Wildman–Crippen LogP) is 4.25. The molecule has 0 saturated heterocycles. The Morgan fingerprint density at radius 1 is 1.11 bits per heavy atom. The van der Waals surface area contributed by atoms with Crippen molar-refractivity contribution in [3.05, 3.63) is 52.9 Å². The largest absolute Gasteiger partial charge is 0.491 e. The predicted molar refractivity (Wildman–Crippen MR) is 108 cm³/mol. The number of carbonyl (C=O) groups is 2. The number of Topliss-reactive ketones (excluding diaryl/α,β-unsaturated/α-hetero) is 1. The minimum atomic E-state index is -0.429. The van der Waals surface area contributed by atoms with E-state index in [1.54, 1.807) is 0 Å². The molecule has 1 N–H and O–H groups in total. The molecule has 1 heterocycles. The number of hydrogen-bond donors (Lipinski definition) is 1. The van der Waals surface area contributed by atoms with Gasteiger partial charge >= 0.3 is 5.97 Å². The molecule has 1 aliphatic heterocycles. The lowest BCUT2D eigenvalue weighted by Gasteiger charge is -2.38. The van der Waals surface area contributed by atoms with E-state index >= 15 is 0 Å². The summed E-state index contributed by atoms with van der Waals surface area (Å²) in [5.74, 6) is -0.409. The van der Waals surface area contributed by atoms with Gasteiger partial charge in [-0.15, -0.1) is 0 Å². The third-order valence-corrected chi connectivity index (χ3v) is 5.00. The molecule has 2 aliphatic rings. The minimum absolute atomic E-state index is 0.0175. The topological polar surface area (TPSA) is 64.6 Å². The summed E-state index contributed by atoms with van der Waals surface area (Å²) in [6, 6.07) is 7.67. The van der Waals surface area contributed by atoms with Gasteiger partial charge in [-0.2, -0.15) is 0 Å². The quantitative estimate of drug-likeness (QED) is 0.770. The molecule has 0 bridgehead atoms. The summed E-state index contributed by atoms with van der Waals surface area (Å²) < 4.78 is 11.6. The first-order valence-electron chi connectivity index (χ1n) is 9.96. The maximum Gasteiger partial charge on any atom is 0.336 e. The van der Waals surface area contributed by atoms with Gasteiger partial charge in [-0.25, -0.2) is 4.79 Å². The Bertz CT molecular complexity index is 835. The number of benzene rings is 1. The van der Waals surface area contributed by atoms with E-state index in [1.165, 1.54) is 0 Å². The SMILES string of the molecule is CC1=C(C(=O)OC(C)C)C(c2ccccc2OC(C)C)C2C(=O)CCC=C2N1. The van der Waals surface area contributed by atoms with E-state index in [2.05, 4.69) is 11.4 Å². The summed E-state index contributed by atoms with van der Waals surface area (Å²) in [5, 5.41) is 3.29. The van der Waals surface area contributed by atoms with Crippen LogP contribution >= 0.6 is 0 Å². The van der Waals surface area contributed by atoms with Crippen LogP contribution in [0.25, 0.3) is 0 Å². The first-order chi connectivity index (χ1) is 13.3. The lowest BCUT2D eigenvalue weighted by molar-refractivity contribution is -0.143. The van der Waals surface area contributed by atoms with Crippen LogP contribution in [0.2, 0.25) is 0 Å². The molecule has 1 aromatic rings. The van der Waals surface area contributed by atoms with Gasteiger partial charge in [-0.05, 0) is 47.1 Å². The van der Waals surface area contributed by atoms with Crippen molar-refractivity contribution in [2.45, 2.75) is 65.6 Å². The molecule has 0 radical (unpaired) electrons. The minimum Gasteiger partial charge on any atom is -0.491 e. The number of carbonyl (C=O) groups excluding carboxylic acids is 2. The zero-order valence-corrected chi connectivity index (χ0v) is 17.2. The van der Waals surface area contributed by atoms with Gasteiger partial charge in [0.25, 0.3) is 0 Å². The zero-order chi connectivity index (χ0) is 20.4. The lowest BCUT2D eigenvalue weighted by atomic mass is 9.71. The van der Waals surface area contributed by atoms with Crippen LogP contribution in [0.15, 0.2) is 47.3 Å². The first-order valence-corrected chi connectivity index (χ1v) is 9.96. The Morgan fingerprint density at radius 3 is 2.50 bits per heavy atom. The Morgan fingerprint density at radius 2 is 1.82 bits per heavy atom. The highest BCUT2D eigenvalue weighted by atomic mass is 16.5. The van der Waals surface area contributed by atoms with E-state index in [9.17, 15) is 9.59 Å². The smallest absolute Gasteiger partial charge is 0.336 e. The molecule has 3 rings (SSSR count). The van der Waals surface area contributed by atoms with Crippen LogP contribution in [0.1, 0.15) is 58.9 Å². The molecular weight excluding hydrogens is 354 g/mol. The van der Waals surface area contributed by atoms with E-state index in [0.717, 1.165) is 17.0 Å². The normalized spacial score (nSPS) is 22.0. The van der Waals surface area contributed by atoms with Crippen molar-refractivity contribution in [1.82, 2.24) is 5.32 Å². The number of ether oxygens (including phenoxy) is 2. The summed E-state index contributed by atoms with van der Waals surface area (Å²) in [6.07, 6.45) is 3.00. The highest BCUT2D eigenvalue weighted by Crippen LogP contribution is 2.46. The maximum atomic E-state index is 13.0. The summed E-state index contributed by atoms with van der Waals surface area (Å²) in [5.41, 5.74) is 2.95. The molecule has 1 aliphatic carbocycles. The van der Waals surface area contributed by atoms with Crippen molar-refractivity contribution in [3.8, 4) is 5.75 Å². The molecule has 0 saturated carbocycles. The number of hydrogen-bond acceptors (Lipinski definition) is 5. The van der Waals surface area contributed by atoms with Gasteiger partial charge in [-0.3, -0.25) is 4.79 Å². The second-order valence-electron chi connectivity index (χ2n) is 7.94. The second-order valence-corrected chi connectivity index (χ2v) is 7.94. The highest BCUT2D eigenvalue weighted by Gasteiger charge is 2.44. The van der Waals surface area contributed by atoms with E-state index in [0.29, 0.717) is 24.2 Å². The molecule has 5 nitrogen and oxygen atoms in total. The van der Waals surface area contributed by atoms with Crippen LogP contribution in [0.3, 0.4) is 0 Å². The van der Waals surface area contributed by atoms with Gasteiger partial charge in [0.1, 0.15) is 11.5 Å². The van der Waals surface area contributed by atoms with Gasteiger partial charge in [0.2, 0.25) is 0 Å². The van der Waals surface area contributed by atoms with E-state index in [1.807, 2.05) is 58.9 Å². The Balaban J connectivity index is 2.18. The summed E-state index contributed by atoms with van der Waals surface area (Å²) >= 11 is 0. The lowest BCUT2D eigenvalue weighted by Crippen LogP contribution is -2.41. The molecule has 0 spiro atoms. The zero-order valence-electron chi connectivity index (χ0n) is 17.2. The van der Waals surface area contributed by atoms with Crippen LogP contribution in [-0.2, 0) is 14.3 Å². The third-order valence-electron chi connectivity index (χ3n) is 5.00. The molecule has 2 unspecified atom stereocenters. The van der Waals surface area contributed by atoms with Gasteiger partial charge in [0.05, 0.1) is 23.7 Å². The average molecular weight is 383 g/mol. The molecule has 2 atom stereocenters. The molecule has 0 amide bonds. The van der Waals surface area contributed by atoms with Gasteiger partial charge < -0.3 is 14.8 Å². The molecular formula is C23H29NO4. The molecule has 5 heteroatoms. The number of fused-ring (bicyclic) bond motifs is 1. The number of esters is 1. The number of para-hydroxylation sites is 1. The van der Waals surface area contributed by atoms with Crippen molar-refractivity contribution in [2.24, 2.45) is 5.92 Å². The maximum absolute atomic E-state index is 13.0. The number of nitrogens with one attached hydrogen (secondary N) is 1. The fourth-order valence-corrected chi connectivity index (χ4v) is 4.00. The molecule has 1 aromatic carbocycles. The molecule has 150 valence electrons. The van der Waals surface area contributed by atoms with Crippen molar-refractivity contribution < 1.29 is 19.1 Å². The second kappa shape index (κ2) is 8.21. The van der Waals surface area contributed by atoms with Crippen LogP contribution in [0.5, 0.6) is 5.75 Å². The molecule has 0 fully saturated rings. The monoisotopic (exact) mass is 383 g/mol. The Kier molecular flexibility index (Phi) is 5.92. The van der Waals surface area contributed by atoms with Crippen LogP contribution in [0.4, 0.5) is 0 Å². The Labute approximate surface area is 166 Å². The first kappa shape index (κ1) is 20.2. The van der Waals surface area contributed by atoms with E-state index < -0.39 is 11.8 Å². The standard InChI is InChI=1S/C23H29NO4/c1-13(2)27-19-12-7-6-9-16(19)21-20(23(26)28-14(3)4)15(5)24-17-10-8-11-18(25)22(17)21/h6-7,9-10,12-14,21-22,24H,8,11H2,1-5H3. The van der Waals surface area contributed by atoms with Gasteiger partial charge in [0.15, 0.2) is 0 Å². The number of ketones is 1. The van der Waals surface area contributed by atoms with Crippen molar-refractivity contribution in [1.29, 1.82) is 0 Å². The highest BCUT2D eigenvalue weighted by molar-refractivity contribution is 5.96. The van der Waals surface area contributed by atoms with Crippen molar-refractivity contribution in [2.75, 3.05) is 0 Å². The molecule has 0 aromatic heterocycles. The van der Waals surface area contributed by atoms with Crippen LogP contribution in [-0.4, -0.2) is 24.0 Å². The fraction of sp³-hybridized carbons (Fsp3) is 0.478. The number of allylic oxidation sites excluding steroid dienone is 3. The average Bonchev–Trinajstić information content (AvgIpc) is 2.60. The van der Waals surface area contributed by atoms with Crippen molar-refractivity contribution >= 4 is 11.8 Å². The van der Waals surface area contributed by atoms with Crippen LogP contribution < -0.4 is 10.1 Å². The number of rotatable bonds is 5. The summed E-state index contributed by atoms with van der Waals surface area (Å²) in [7, 11) is 0. The summed E-state index contributed by atoms with van der Waals surface area (Å²) in [4.78, 5) is 26.0. The van der Waals surface area contributed by atoms with E-state index in [-0.39, 0.29) is 24.0 Å². The third kappa shape index (κ3) is 3.98. The molecule has 28 heavy (non-hydrogen) atoms. The Hall–Kier alpha value is -2.56. The van der Waals surface area contributed by atoms with Gasteiger partial charge in [-0.1, -0.05) is 24.3 Å².